The van der Waals surface area contributed by atoms with Gasteiger partial charge in [-0.1, -0.05) is 30.3 Å². The number of benzene rings is 1. The van der Waals surface area contributed by atoms with Crippen LogP contribution in [0.2, 0.25) is 0 Å². The van der Waals surface area contributed by atoms with E-state index in [0.717, 1.165) is 5.56 Å². The van der Waals surface area contributed by atoms with E-state index in [1.165, 1.54) is 6.92 Å². The highest BCUT2D eigenvalue weighted by molar-refractivity contribution is 7.80. The van der Waals surface area contributed by atoms with Crippen LogP contribution in [0.15, 0.2) is 30.3 Å². The van der Waals surface area contributed by atoms with E-state index in [-0.39, 0.29) is 23.3 Å². The Balaban J connectivity index is 2.31. The summed E-state index contributed by atoms with van der Waals surface area (Å²) in [6.07, 6.45) is 0.247. The van der Waals surface area contributed by atoms with Gasteiger partial charge < -0.3 is 5.32 Å². The lowest BCUT2D eigenvalue weighted by atomic mass is 10.1. The molecule has 0 aliphatic rings. The minimum atomic E-state index is -0.292. The molecule has 90 valence electrons. The van der Waals surface area contributed by atoms with Gasteiger partial charge in [-0.05, 0) is 17.8 Å². The Morgan fingerprint density at radius 1 is 1.18 bits per heavy atom. The van der Waals surface area contributed by atoms with Crippen molar-refractivity contribution in [2.75, 3.05) is 0 Å². The zero-order valence-corrected chi connectivity index (χ0v) is 10.1. The van der Waals surface area contributed by atoms with Gasteiger partial charge in [0.05, 0.1) is 6.42 Å². The highest BCUT2D eigenvalue weighted by Gasteiger charge is 2.03. The van der Waals surface area contributed by atoms with Crippen LogP contribution in [-0.4, -0.2) is 16.9 Å². The summed E-state index contributed by atoms with van der Waals surface area (Å²) in [5, 5.41) is 2.40. The van der Waals surface area contributed by atoms with Crippen molar-refractivity contribution in [1.82, 2.24) is 16.2 Å². The van der Waals surface area contributed by atoms with Crippen molar-refractivity contribution in [1.29, 1.82) is 0 Å². The first kappa shape index (κ1) is 13.1. The van der Waals surface area contributed by atoms with Crippen LogP contribution in [0.4, 0.5) is 0 Å². The standard InChI is InChI=1S/C11H13N3O2S/c1-8(15)12-11(17)14-13-10(16)7-9-5-3-2-4-6-9/h2-6H,7H2,1H3,(H,13,16)(H2,12,14,15,17). The number of thiocarbonyl (C=S) groups is 1. The molecule has 0 bridgehead atoms. The maximum Gasteiger partial charge on any atom is 0.242 e. The molecule has 0 aromatic heterocycles. The van der Waals surface area contributed by atoms with Crippen molar-refractivity contribution in [2.45, 2.75) is 13.3 Å². The fraction of sp³-hybridized carbons (Fsp3) is 0.182. The van der Waals surface area contributed by atoms with Gasteiger partial charge in [0.1, 0.15) is 0 Å². The van der Waals surface area contributed by atoms with Crippen LogP contribution in [0.1, 0.15) is 12.5 Å². The lowest BCUT2D eigenvalue weighted by molar-refractivity contribution is -0.121. The molecule has 1 rings (SSSR count). The summed E-state index contributed by atoms with van der Waals surface area (Å²) in [5.74, 6) is -0.524. The average molecular weight is 251 g/mol. The van der Waals surface area contributed by atoms with Crippen LogP contribution < -0.4 is 16.2 Å². The number of carbonyl (C=O) groups is 2. The zero-order chi connectivity index (χ0) is 12.7. The second-order valence-electron chi connectivity index (χ2n) is 3.35. The summed E-state index contributed by atoms with van der Waals surface area (Å²) < 4.78 is 0. The Morgan fingerprint density at radius 3 is 2.41 bits per heavy atom. The van der Waals surface area contributed by atoms with Crippen LogP contribution in [0.3, 0.4) is 0 Å². The predicted octanol–water partition coefficient (Wildman–Crippen LogP) is 0.271. The second-order valence-corrected chi connectivity index (χ2v) is 3.75. The van der Waals surface area contributed by atoms with Gasteiger partial charge in [-0.15, -0.1) is 0 Å². The highest BCUT2D eigenvalue weighted by Crippen LogP contribution is 1.98. The monoisotopic (exact) mass is 251 g/mol. The predicted molar refractivity (Wildman–Crippen MR) is 67.8 cm³/mol. The molecule has 0 aliphatic heterocycles. The first-order chi connectivity index (χ1) is 8.08. The van der Waals surface area contributed by atoms with Gasteiger partial charge in [-0.3, -0.25) is 20.4 Å². The van der Waals surface area contributed by atoms with Gasteiger partial charge in [0.15, 0.2) is 5.11 Å². The van der Waals surface area contributed by atoms with Crippen molar-refractivity contribution < 1.29 is 9.59 Å². The number of hydrazine groups is 1. The Bertz CT molecular complexity index is 420. The molecule has 0 fully saturated rings. The molecule has 1 aromatic carbocycles. The zero-order valence-electron chi connectivity index (χ0n) is 9.32. The number of nitrogens with one attached hydrogen (secondary N) is 3. The molecule has 2 amide bonds. The molecule has 3 N–H and O–H groups in total. The summed E-state index contributed by atoms with van der Waals surface area (Å²) in [4.78, 5) is 22.1. The topological polar surface area (TPSA) is 70.2 Å². The van der Waals surface area contributed by atoms with E-state index in [2.05, 4.69) is 16.2 Å². The molecule has 0 atom stereocenters. The minimum Gasteiger partial charge on any atom is -0.302 e. The molecule has 6 heteroatoms. The fourth-order valence-electron chi connectivity index (χ4n) is 1.14. The largest absolute Gasteiger partial charge is 0.302 e. The molecule has 1 aromatic rings. The van der Waals surface area contributed by atoms with E-state index in [0.29, 0.717) is 0 Å². The van der Waals surface area contributed by atoms with Crippen LogP contribution >= 0.6 is 12.2 Å². The SMILES string of the molecule is CC(=O)NC(=S)NNC(=O)Cc1ccccc1. The Labute approximate surface area is 105 Å². The summed E-state index contributed by atoms with van der Waals surface area (Å²) >= 11 is 4.76. The molecular formula is C11H13N3O2S. The van der Waals surface area contributed by atoms with E-state index in [1.54, 1.807) is 0 Å². The third kappa shape index (κ3) is 5.62. The molecule has 17 heavy (non-hydrogen) atoms. The van der Waals surface area contributed by atoms with Crippen molar-refractivity contribution in [2.24, 2.45) is 0 Å². The molecule has 5 nitrogen and oxygen atoms in total. The Morgan fingerprint density at radius 2 is 1.82 bits per heavy atom. The summed E-state index contributed by atoms with van der Waals surface area (Å²) in [7, 11) is 0. The van der Waals surface area contributed by atoms with E-state index in [1.807, 2.05) is 30.3 Å². The third-order valence-electron chi connectivity index (χ3n) is 1.81. The maximum atomic E-state index is 11.5. The van der Waals surface area contributed by atoms with Crippen LogP contribution in [0.5, 0.6) is 0 Å². The molecular weight excluding hydrogens is 238 g/mol. The molecule has 0 aliphatic carbocycles. The van der Waals surface area contributed by atoms with Gasteiger partial charge in [0.2, 0.25) is 11.8 Å². The lowest BCUT2D eigenvalue weighted by Crippen LogP contribution is -2.48. The summed E-state index contributed by atoms with van der Waals surface area (Å²) in [6, 6.07) is 9.30. The number of rotatable bonds is 2. The van der Waals surface area contributed by atoms with Crippen LogP contribution in [0, 0.1) is 0 Å². The highest BCUT2D eigenvalue weighted by atomic mass is 32.1. The Kier molecular flexibility index (Phi) is 5.09. The van der Waals surface area contributed by atoms with E-state index < -0.39 is 0 Å². The van der Waals surface area contributed by atoms with E-state index in [9.17, 15) is 9.59 Å². The van der Waals surface area contributed by atoms with Gasteiger partial charge in [0, 0.05) is 6.92 Å². The van der Waals surface area contributed by atoms with E-state index in [4.69, 9.17) is 12.2 Å². The van der Waals surface area contributed by atoms with Crippen LogP contribution in [0.25, 0.3) is 0 Å². The van der Waals surface area contributed by atoms with Crippen LogP contribution in [-0.2, 0) is 16.0 Å². The van der Waals surface area contributed by atoms with Gasteiger partial charge in [0.25, 0.3) is 0 Å². The molecule has 0 spiro atoms. The molecule has 0 radical (unpaired) electrons. The number of hydrogen-bond donors (Lipinski definition) is 3. The van der Waals surface area contributed by atoms with Crippen molar-refractivity contribution in [3.63, 3.8) is 0 Å². The average Bonchev–Trinajstić information content (AvgIpc) is 2.27. The van der Waals surface area contributed by atoms with Crippen molar-refractivity contribution in [3.05, 3.63) is 35.9 Å². The quantitative estimate of drug-likeness (QED) is 0.521. The maximum absolute atomic E-state index is 11.5. The van der Waals surface area contributed by atoms with Gasteiger partial charge in [-0.2, -0.15) is 0 Å². The second kappa shape index (κ2) is 6.59. The summed E-state index contributed by atoms with van der Waals surface area (Å²) in [6.45, 7) is 1.33. The first-order valence-corrected chi connectivity index (χ1v) is 5.39. The van der Waals surface area contributed by atoms with Crippen molar-refractivity contribution in [3.8, 4) is 0 Å². The number of amides is 2. The van der Waals surface area contributed by atoms with Crippen molar-refractivity contribution >= 4 is 29.1 Å². The first-order valence-electron chi connectivity index (χ1n) is 4.98. The van der Waals surface area contributed by atoms with E-state index >= 15 is 0 Å². The molecule has 0 saturated heterocycles. The fourth-order valence-corrected chi connectivity index (χ4v) is 1.34. The van der Waals surface area contributed by atoms with Gasteiger partial charge >= 0.3 is 0 Å². The Hall–Kier alpha value is -1.95. The minimum absolute atomic E-state index is 0.0684. The number of carbonyl (C=O) groups excluding carboxylic acids is 2. The number of hydrogen-bond acceptors (Lipinski definition) is 3. The summed E-state index contributed by atoms with van der Waals surface area (Å²) in [5.41, 5.74) is 5.73. The molecule has 0 saturated carbocycles. The third-order valence-corrected chi connectivity index (χ3v) is 2.02. The van der Waals surface area contributed by atoms with Gasteiger partial charge in [-0.25, -0.2) is 0 Å². The smallest absolute Gasteiger partial charge is 0.242 e. The molecule has 0 heterocycles. The lowest BCUT2D eigenvalue weighted by Gasteiger charge is -2.09. The normalized spacial score (nSPS) is 9.24. The molecule has 0 unspecified atom stereocenters.